The molecule has 2 fully saturated rings. The van der Waals surface area contributed by atoms with Gasteiger partial charge in [-0.3, -0.25) is 0 Å². The Morgan fingerprint density at radius 1 is 1.00 bits per heavy atom. The molecule has 1 aromatic rings. The van der Waals surface area contributed by atoms with E-state index >= 15 is 0 Å². The fourth-order valence-electron chi connectivity index (χ4n) is 3.29. The topological polar surface area (TPSA) is 121 Å². The van der Waals surface area contributed by atoms with Gasteiger partial charge in [0.05, 0.1) is 18.9 Å². The molecule has 0 amide bonds. The lowest BCUT2D eigenvalue weighted by Gasteiger charge is -2.35. The summed E-state index contributed by atoms with van der Waals surface area (Å²) in [6.07, 6.45) is 4.04. The van der Waals surface area contributed by atoms with Crippen LogP contribution in [0.5, 0.6) is 0 Å². The van der Waals surface area contributed by atoms with E-state index < -0.39 is 0 Å². The van der Waals surface area contributed by atoms with Crippen LogP contribution in [-0.2, 0) is 9.47 Å². The maximum atomic E-state index is 5.77. The predicted molar refractivity (Wildman–Crippen MR) is 89.4 cm³/mol. The first-order chi connectivity index (χ1) is 11.1. The Hall–Kier alpha value is -2.12. The zero-order chi connectivity index (χ0) is 16.3. The number of rotatable bonds is 2. The van der Waals surface area contributed by atoms with E-state index in [1.54, 1.807) is 0 Å². The molecule has 2 aliphatic rings. The Kier molecular flexibility index (Phi) is 4.49. The fourth-order valence-corrected chi connectivity index (χ4v) is 3.29. The van der Waals surface area contributed by atoms with Crippen LogP contribution in [0.3, 0.4) is 0 Å². The highest BCUT2D eigenvalue weighted by Crippen LogP contribution is 2.42. The van der Waals surface area contributed by atoms with Crippen molar-refractivity contribution in [1.29, 1.82) is 0 Å². The number of guanidine groups is 2. The summed E-state index contributed by atoms with van der Waals surface area (Å²) in [5.41, 5.74) is 18.2. The summed E-state index contributed by atoms with van der Waals surface area (Å²) in [4.78, 5) is 7.85. The Morgan fingerprint density at radius 3 is 2.17 bits per heavy atom. The Bertz CT molecular complexity index is 591. The summed E-state index contributed by atoms with van der Waals surface area (Å²) >= 11 is 0. The van der Waals surface area contributed by atoms with Gasteiger partial charge in [-0.15, -0.1) is 0 Å². The highest BCUT2D eigenvalue weighted by Gasteiger charge is 2.40. The Balaban J connectivity index is 1.63. The number of aliphatic imine (C=N–C) groups is 2. The van der Waals surface area contributed by atoms with Crippen LogP contribution in [0.2, 0.25) is 0 Å². The number of benzene rings is 1. The predicted octanol–water partition coefficient (Wildman–Crippen LogP) is 1.31. The van der Waals surface area contributed by atoms with Gasteiger partial charge in [0.2, 0.25) is 5.96 Å². The molecule has 124 valence electrons. The Labute approximate surface area is 135 Å². The summed E-state index contributed by atoms with van der Waals surface area (Å²) in [5.74, 6) is 0.166. The molecule has 0 atom stereocenters. The third kappa shape index (κ3) is 3.80. The van der Waals surface area contributed by atoms with Gasteiger partial charge in [-0.25, -0.2) is 4.99 Å². The minimum atomic E-state index is -0.310. The molecule has 0 radical (unpaired) electrons. The summed E-state index contributed by atoms with van der Waals surface area (Å²) in [6.45, 7) is 1.43. The molecule has 0 unspecified atom stereocenters. The minimum Gasteiger partial charge on any atom is -0.370 e. The maximum Gasteiger partial charge on any atom is 0.223 e. The number of hydrogen-bond acceptors (Lipinski definition) is 3. The summed E-state index contributed by atoms with van der Waals surface area (Å²) in [6, 6.07) is 8.02. The first-order valence-electron chi connectivity index (χ1n) is 7.88. The number of hydrogen-bond donors (Lipinski definition) is 3. The van der Waals surface area contributed by atoms with Crippen LogP contribution in [0.15, 0.2) is 34.3 Å². The van der Waals surface area contributed by atoms with Crippen molar-refractivity contribution in [3.8, 4) is 0 Å². The molecule has 1 aromatic carbocycles. The minimum absolute atomic E-state index is 0.0490. The first kappa shape index (κ1) is 15.8. The van der Waals surface area contributed by atoms with Crippen molar-refractivity contribution in [3.63, 3.8) is 0 Å². The average molecular weight is 317 g/mol. The third-order valence-corrected chi connectivity index (χ3v) is 4.41. The van der Waals surface area contributed by atoms with Crippen LogP contribution >= 0.6 is 0 Å². The van der Waals surface area contributed by atoms with Crippen LogP contribution in [0.1, 0.15) is 37.2 Å². The molecule has 1 aliphatic heterocycles. The highest BCUT2D eigenvalue weighted by molar-refractivity contribution is 5.93. The average Bonchev–Trinajstić information content (AvgIpc) is 2.96. The standard InChI is InChI=1S/C16H23N5O2/c17-14(18)21-15(19)20-13-3-1-11(2-4-13)12-5-7-16(8-6-12)22-9-10-23-16/h1-4,12H,5-10H2,(H6,17,18,19,20,21). The zero-order valence-electron chi connectivity index (χ0n) is 13.1. The van der Waals surface area contributed by atoms with Gasteiger partial charge >= 0.3 is 0 Å². The highest BCUT2D eigenvalue weighted by atomic mass is 16.7. The molecule has 1 heterocycles. The van der Waals surface area contributed by atoms with Crippen molar-refractivity contribution < 1.29 is 9.47 Å². The van der Waals surface area contributed by atoms with E-state index in [1.165, 1.54) is 5.56 Å². The van der Waals surface area contributed by atoms with Gasteiger partial charge in [0.25, 0.3) is 0 Å². The van der Waals surface area contributed by atoms with Gasteiger partial charge < -0.3 is 26.7 Å². The summed E-state index contributed by atoms with van der Waals surface area (Å²) in [7, 11) is 0. The molecule has 7 nitrogen and oxygen atoms in total. The van der Waals surface area contributed by atoms with Crippen LogP contribution in [0, 0.1) is 0 Å². The van der Waals surface area contributed by atoms with Gasteiger partial charge in [-0.1, -0.05) is 12.1 Å². The molecular weight excluding hydrogens is 294 g/mol. The first-order valence-corrected chi connectivity index (χ1v) is 7.88. The van der Waals surface area contributed by atoms with Crippen molar-refractivity contribution in [1.82, 2.24) is 0 Å². The molecule has 1 saturated carbocycles. The monoisotopic (exact) mass is 317 g/mol. The maximum absolute atomic E-state index is 5.77. The van der Waals surface area contributed by atoms with Crippen LogP contribution in [0.25, 0.3) is 0 Å². The van der Waals surface area contributed by atoms with Crippen LogP contribution < -0.4 is 17.2 Å². The number of nitrogens with two attached hydrogens (primary N) is 3. The number of ether oxygens (including phenoxy) is 2. The van der Waals surface area contributed by atoms with Crippen molar-refractivity contribution in [3.05, 3.63) is 29.8 Å². The van der Waals surface area contributed by atoms with Crippen molar-refractivity contribution in [2.75, 3.05) is 13.2 Å². The van der Waals surface area contributed by atoms with E-state index in [0.717, 1.165) is 31.4 Å². The SMILES string of the molecule is NC(N)=NC(N)=Nc1ccc(C2CCC3(CC2)OCCO3)cc1. The van der Waals surface area contributed by atoms with Gasteiger partial charge in [-0.2, -0.15) is 4.99 Å². The second-order valence-corrected chi connectivity index (χ2v) is 5.98. The Morgan fingerprint density at radius 2 is 1.61 bits per heavy atom. The molecule has 0 aromatic heterocycles. The molecule has 1 aliphatic carbocycles. The van der Waals surface area contributed by atoms with E-state index in [-0.39, 0.29) is 17.7 Å². The van der Waals surface area contributed by atoms with Crippen LogP contribution in [0.4, 0.5) is 5.69 Å². The molecule has 7 heteroatoms. The van der Waals surface area contributed by atoms with E-state index in [2.05, 4.69) is 22.1 Å². The van der Waals surface area contributed by atoms with Crippen molar-refractivity contribution in [2.45, 2.75) is 37.4 Å². The molecule has 3 rings (SSSR count). The van der Waals surface area contributed by atoms with Gasteiger partial charge in [-0.05, 0) is 36.5 Å². The molecule has 0 bridgehead atoms. The van der Waals surface area contributed by atoms with Crippen molar-refractivity contribution in [2.24, 2.45) is 27.2 Å². The summed E-state index contributed by atoms with van der Waals surface area (Å²) < 4.78 is 11.5. The van der Waals surface area contributed by atoms with Gasteiger partial charge in [0.1, 0.15) is 0 Å². The second-order valence-electron chi connectivity index (χ2n) is 5.98. The fraction of sp³-hybridized carbons (Fsp3) is 0.500. The lowest BCUT2D eigenvalue weighted by molar-refractivity contribution is -0.178. The van der Waals surface area contributed by atoms with Gasteiger partial charge in [0, 0.05) is 12.8 Å². The lowest BCUT2D eigenvalue weighted by atomic mass is 9.81. The van der Waals surface area contributed by atoms with E-state index in [9.17, 15) is 0 Å². The molecular formula is C16H23N5O2. The third-order valence-electron chi connectivity index (χ3n) is 4.41. The molecule has 1 saturated heterocycles. The summed E-state index contributed by atoms with van der Waals surface area (Å²) in [5, 5.41) is 0. The molecule has 1 spiro atoms. The number of nitrogens with zero attached hydrogens (tertiary/aromatic N) is 2. The second kappa shape index (κ2) is 6.55. The van der Waals surface area contributed by atoms with Gasteiger partial charge in [0.15, 0.2) is 11.7 Å². The smallest absolute Gasteiger partial charge is 0.223 e. The molecule has 6 N–H and O–H groups in total. The van der Waals surface area contributed by atoms with Crippen molar-refractivity contribution >= 4 is 17.6 Å². The van der Waals surface area contributed by atoms with E-state index in [4.69, 9.17) is 26.7 Å². The van der Waals surface area contributed by atoms with E-state index in [1.807, 2.05) is 12.1 Å². The lowest BCUT2D eigenvalue weighted by Crippen LogP contribution is -2.34. The quantitative estimate of drug-likeness (QED) is 0.561. The largest absolute Gasteiger partial charge is 0.370 e. The normalized spacial score (nSPS) is 21.5. The van der Waals surface area contributed by atoms with E-state index in [0.29, 0.717) is 19.1 Å². The zero-order valence-corrected chi connectivity index (χ0v) is 13.1. The van der Waals surface area contributed by atoms with Crippen LogP contribution in [-0.4, -0.2) is 30.9 Å². The molecule has 23 heavy (non-hydrogen) atoms.